The van der Waals surface area contributed by atoms with Gasteiger partial charge in [0.25, 0.3) is 0 Å². The van der Waals surface area contributed by atoms with E-state index in [9.17, 15) is 9.90 Å². The lowest BCUT2D eigenvalue weighted by Gasteiger charge is -2.27. The fraction of sp³-hybridized carbons (Fsp3) is 0.462. The molecule has 0 saturated carbocycles. The van der Waals surface area contributed by atoms with Gasteiger partial charge in [0.05, 0.1) is 6.61 Å². The number of ether oxygens (including phenoxy) is 1. The van der Waals surface area contributed by atoms with E-state index in [4.69, 9.17) is 4.74 Å². The molecule has 0 aromatic heterocycles. The maximum absolute atomic E-state index is 11.2. The van der Waals surface area contributed by atoms with Crippen LogP contribution < -0.4 is 0 Å². The summed E-state index contributed by atoms with van der Waals surface area (Å²) in [7, 11) is 0. The highest BCUT2D eigenvalue weighted by atomic mass is 16.5. The van der Waals surface area contributed by atoms with Crippen molar-refractivity contribution in [1.82, 2.24) is 0 Å². The van der Waals surface area contributed by atoms with E-state index in [1.165, 1.54) is 0 Å². The number of hydrogen-bond acceptors (Lipinski definition) is 3. The van der Waals surface area contributed by atoms with E-state index < -0.39 is 0 Å². The number of phenolic OH excluding ortho intramolecular Hbond substituents is 1. The Morgan fingerprint density at radius 3 is 2.88 bits per heavy atom. The maximum atomic E-state index is 11.2. The molecular weight excluding hydrogens is 204 g/mol. The van der Waals surface area contributed by atoms with Crippen molar-refractivity contribution in [2.45, 2.75) is 18.8 Å². The van der Waals surface area contributed by atoms with E-state index in [1.807, 2.05) is 12.1 Å². The largest absolute Gasteiger partial charge is 0.508 e. The first-order valence-electron chi connectivity index (χ1n) is 5.64. The third-order valence-corrected chi connectivity index (χ3v) is 3.15. The van der Waals surface area contributed by atoms with Crippen molar-refractivity contribution in [3.05, 3.63) is 29.8 Å². The molecule has 1 aromatic rings. The third kappa shape index (κ3) is 2.25. The lowest BCUT2D eigenvalue weighted by molar-refractivity contribution is -0.111. The summed E-state index contributed by atoms with van der Waals surface area (Å²) in [6, 6.07) is 7.03. The Balaban J connectivity index is 2.21. The number of phenols is 1. The average Bonchev–Trinajstić information content (AvgIpc) is 2.34. The van der Waals surface area contributed by atoms with Gasteiger partial charge in [0.1, 0.15) is 12.0 Å². The van der Waals surface area contributed by atoms with E-state index in [0.29, 0.717) is 12.2 Å². The summed E-state index contributed by atoms with van der Waals surface area (Å²) < 4.78 is 5.39. The van der Waals surface area contributed by atoms with Gasteiger partial charge in [0.2, 0.25) is 0 Å². The van der Waals surface area contributed by atoms with Crippen molar-refractivity contribution in [3.8, 4) is 5.75 Å². The van der Waals surface area contributed by atoms with Gasteiger partial charge in [-0.1, -0.05) is 18.2 Å². The molecule has 2 unspecified atom stereocenters. The van der Waals surface area contributed by atoms with Gasteiger partial charge in [0, 0.05) is 18.1 Å². The molecule has 1 heterocycles. The average molecular weight is 220 g/mol. The fourth-order valence-corrected chi connectivity index (χ4v) is 2.26. The summed E-state index contributed by atoms with van der Waals surface area (Å²) in [5.74, 6) is 0.145. The van der Waals surface area contributed by atoms with Crippen LogP contribution >= 0.6 is 0 Å². The maximum Gasteiger partial charge on any atom is 0.127 e. The summed E-state index contributed by atoms with van der Waals surface area (Å²) in [4.78, 5) is 11.2. The molecule has 86 valence electrons. The highest BCUT2D eigenvalue weighted by Gasteiger charge is 2.26. The number of rotatable bonds is 3. The highest BCUT2D eigenvalue weighted by Crippen LogP contribution is 2.33. The predicted octanol–water partition coefficient (Wildman–Crippen LogP) is 2.10. The summed E-state index contributed by atoms with van der Waals surface area (Å²) in [6.07, 6.45) is 2.90. The second-order valence-electron chi connectivity index (χ2n) is 4.20. The van der Waals surface area contributed by atoms with Gasteiger partial charge in [-0.3, -0.25) is 0 Å². The monoisotopic (exact) mass is 220 g/mol. The zero-order valence-electron chi connectivity index (χ0n) is 9.13. The number of hydrogen-bond donors (Lipinski definition) is 1. The zero-order valence-corrected chi connectivity index (χ0v) is 9.13. The van der Waals surface area contributed by atoms with Crippen LogP contribution in [0.25, 0.3) is 0 Å². The van der Waals surface area contributed by atoms with Crippen molar-refractivity contribution < 1.29 is 14.6 Å². The van der Waals surface area contributed by atoms with Crippen LogP contribution in [0.15, 0.2) is 24.3 Å². The third-order valence-electron chi connectivity index (χ3n) is 3.15. The summed E-state index contributed by atoms with van der Waals surface area (Å²) in [6.45, 7) is 1.39. The SMILES string of the molecule is O=CC(c1ccccc1O)C1CCCOC1. The van der Waals surface area contributed by atoms with Crippen LogP contribution in [0.5, 0.6) is 5.75 Å². The molecule has 1 aromatic carbocycles. The van der Waals surface area contributed by atoms with Crippen LogP contribution in [0.3, 0.4) is 0 Å². The van der Waals surface area contributed by atoms with Gasteiger partial charge in [-0.15, -0.1) is 0 Å². The Kier molecular flexibility index (Phi) is 3.57. The van der Waals surface area contributed by atoms with Crippen molar-refractivity contribution in [1.29, 1.82) is 0 Å². The van der Waals surface area contributed by atoms with Gasteiger partial charge in [0.15, 0.2) is 0 Å². The number of aldehydes is 1. The van der Waals surface area contributed by atoms with Gasteiger partial charge in [-0.2, -0.15) is 0 Å². The topological polar surface area (TPSA) is 46.5 Å². The molecule has 1 aliphatic heterocycles. The molecule has 1 saturated heterocycles. The van der Waals surface area contributed by atoms with Crippen LogP contribution in [-0.4, -0.2) is 24.6 Å². The minimum Gasteiger partial charge on any atom is -0.508 e. The molecule has 2 atom stereocenters. The Labute approximate surface area is 95.0 Å². The van der Waals surface area contributed by atoms with E-state index in [1.54, 1.807) is 12.1 Å². The Hall–Kier alpha value is -1.35. The Morgan fingerprint density at radius 2 is 2.25 bits per heavy atom. The molecule has 1 fully saturated rings. The van der Waals surface area contributed by atoms with Crippen molar-refractivity contribution in [3.63, 3.8) is 0 Å². The molecule has 0 radical (unpaired) electrons. The number of carbonyl (C=O) groups is 1. The van der Waals surface area contributed by atoms with Crippen LogP contribution in [0.4, 0.5) is 0 Å². The molecule has 16 heavy (non-hydrogen) atoms. The molecule has 0 spiro atoms. The van der Waals surface area contributed by atoms with Crippen molar-refractivity contribution in [2.75, 3.05) is 13.2 Å². The van der Waals surface area contributed by atoms with E-state index in [0.717, 1.165) is 25.7 Å². The van der Waals surface area contributed by atoms with Crippen molar-refractivity contribution in [2.24, 2.45) is 5.92 Å². The molecule has 0 aliphatic carbocycles. The molecular formula is C13H16O3. The molecule has 0 amide bonds. The van der Waals surface area contributed by atoms with Crippen LogP contribution in [0.2, 0.25) is 0 Å². The second-order valence-corrected chi connectivity index (χ2v) is 4.20. The minimum absolute atomic E-state index is 0.194. The second kappa shape index (κ2) is 5.12. The Morgan fingerprint density at radius 1 is 1.44 bits per heavy atom. The Bertz CT molecular complexity index is 356. The lowest BCUT2D eigenvalue weighted by Crippen LogP contribution is -2.24. The molecule has 1 aliphatic rings. The number of aromatic hydroxyl groups is 1. The highest BCUT2D eigenvalue weighted by molar-refractivity contribution is 5.64. The quantitative estimate of drug-likeness (QED) is 0.793. The number of carbonyl (C=O) groups excluding carboxylic acids is 1. The lowest BCUT2D eigenvalue weighted by atomic mass is 9.83. The molecule has 0 bridgehead atoms. The predicted molar refractivity (Wildman–Crippen MR) is 60.5 cm³/mol. The first-order valence-corrected chi connectivity index (χ1v) is 5.64. The van der Waals surface area contributed by atoms with Gasteiger partial charge >= 0.3 is 0 Å². The summed E-state index contributed by atoms with van der Waals surface area (Å²) >= 11 is 0. The van der Waals surface area contributed by atoms with Crippen LogP contribution in [0, 0.1) is 5.92 Å². The minimum atomic E-state index is -0.249. The number of benzene rings is 1. The normalized spacial score (nSPS) is 22.6. The first-order chi connectivity index (χ1) is 7.83. The molecule has 3 nitrogen and oxygen atoms in total. The number of para-hydroxylation sites is 1. The van der Waals surface area contributed by atoms with Crippen LogP contribution in [-0.2, 0) is 9.53 Å². The summed E-state index contributed by atoms with van der Waals surface area (Å²) in [5.41, 5.74) is 0.716. The van der Waals surface area contributed by atoms with Crippen molar-refractivity contribution >= 4 is 6.29 Å². The summed E-state index contributed by atoms with van der Waals surface area (Å²) in [5, 5.41) is 9.74. The standard InChI is InChI=1S/C13H16O3/c14-8-12(10-4-3-7-16-9-10)11-5-1-2-6-13(11)15/h1-2,5-6,8,10,12,15H,3-4,7,9H2. The van der Waals surface area contributed by atoms with Gasteiger partial charge in [-0.05, 0) is 24.8 Å². The molecule has 2 rings (SSSR count). The molecule has 3 heteroatoms. The van der Waals surface area contributed by atoms with Crippen LogP contribution in [0.1, 0.15) is 24.3 Å². The first kappa shape index (κ1) is 11.1. The van der Waals surface area contributed by atoms with E-state index in [-0.39, 0.29) is 17.6 Å². The van der Waals surface area contributed by atoms with E-state index >= 15 is 0 Å². The van der Waals surface area contributed by atoms with Gasteiger partial charge in [-0.25, -0.2) is 0 Å². The fourth-order valence-electron chi connectivity index (χ4n) is 2.26. The zero-order chi connectivity index (χ0) is 11.4. The van der Waals surface area contributed by atoms with E-state index in [2.05, 4.69) is 0 Å². The molecule has 1 N–H and O–H groups in total. The smallest absolute Gasteiger partial charge is 0.127 e. The van der Waals surface area contributed by atoms with Gasteiger partial charge < -0.3 is 14.6 Å².